The maximum atomic E-state index is 11.6. The molecule has 108 valence electrons. The summed E-state index contributed by atoms with van der Waals surface area (Å²) in [4.78, 5) is 24.1. The molecule has 1 aliphatic rings. The molecule has 1 aromatic carbocycles. The van der Waals surface area contributed by atoms with Crippen LogP contribution in [0.2, 0.25) is 0 Å². The van der Waals surface area contributed by atoms with Crippen molar-refractivity contribution >= 4 is 11.8 Å². The number of rotatable bonds is 6. The monoisotopic (exact) mass is 278 g/mol. The highest BCUT2D eigenvalue weighted by Crippen LogP contribution is 2.16. The molecule has 1 N–H and O–H groups in total. The quantitative estimate of drug-likeness (QED) is 0.603. The van der Waals surface area contributed by atoms with Crippen LogP contribution < -0.4 is 14.8 Å². The van der Waals surface area contributed by atoms with Gasteiger partial charge in [-0.15, -0.1) is 0 Å². The van der Waals surface area contributed by atoms with Crippen LogP contribution in [-0.2, 0) is 9.59 Å². The summed E-state index contributed by atoms with van der Waals surface area (Å²) in [7, 11) is 3.11. The fraction of sp³-hybridized carbons (Fsp3) is 0.429. The van der Waals surface area contributed by atoms with Gasteiger partial charge in [-0.1, -0.05) is 0 Å². The molecule has 6 heteroatoms. The Morgan fingerprint density at radius 3 is 2.45 bits per heavy atom. The van der Waals surface area contributed by atoms with Crippen LogP contribution in [0.25, 0.3) is 0 Å². The Bertz CT molecular complexity index is 486. The van der Waals surface area contributed by atoms with Gasteiger partial charge in [0.05, 0.1) is 19.6 Å². The molecule has 0 radical (unpaired) electrons. The maximum Gasteiger partial charge on any atom is 0.246 e. The molecule has 0 aromatic heterocycles. The molecule has 1 aliphatic heterocycles. The molecule has 1 aromatic rings. The average molecular weight is 278 g/mol. The number of hydrogen-bond donors (Lipinski definition) is 1. The van der Waals surface area contributed by atoms with Crippen molar-refractivity contribution in [2.24, 2.45) is 0 Å². The molecule has 0 saturated carbocycles. The Morgan fingerprint density at radius 1 is 1.25 bits per heavy atom. The SMILES string of the molecule is COc1ccc(OCCNC2CC(=O)N(C)C2=O)cc1. The third-order valence-corrected chi connectivity index (χ3v) is 3.20. The van der Waals surface area contributed by atoms with Crippen LogP contribution in [0.5, 0.6) is 11.5 Å². The number of nitrogens with one attached hydrogen (secondary N) is 1. The van der Waals surface area contributed by atoms with Crippen molar-refractivity contribution < 1.29 is 19.1 Å². The molecule has 6 nitrogen and oxygen atoms in total. The van der Waals surface area contributed by atoms with Crippen molar-refractivity contribution in [1.29, 1.82) is 0 Å². The summed E-state index contributed by atoms with van der Waals surface area (Å²) in [5.41, 5.74) is 0. The minimum atomic E-state index is -0.424. The molecule has 1 unspecified atom stereocenters. The van der Waals surface area contributed by atoms with Crippen molar-refractivity contribution in [2.45, 2.75) is 12.5 Å². The fourth-order valence-corrected chi connectivity index (χ4v) is 1.99. The molecule has 1 saturated heterocycles. The third-order valence-electron chi connectivity index (χ3n) is 3.20. The summed E-state index contributed by atoms with van der Waals surface area (Å²) in [6.07, 6.45) is 0.220. The first-order valence-electron chi connectivity index (χ1n) is 6.42. The molecule has 0 bridgehead atoms. The number of ether oxygens (including phenoxy) is 2. The predicted octanol–water partition coefficient (Wildman–Crippen LogP) is 0.421. The van der Waals surface area contributed by atoms with Crippen LogP contribution in [0.1, 0.15) is 6.42 Å². The second-order valence-electron chi connectivity index (χ2n) is 4.53. The molecule has 1 atom stereocenters. The molecule has 0 spiro atoms. The zero-order chi connectivity index (χ0) is 14.5. The van der Waals surface area contributed by atoms with E-state index in [2.05, 4.69) is 5.32 Å². The van der Waals surface area contributed by atoms with Crippen molar-refractivity contribution in [3.63, 3.8) is 0 Å². The fourth-order valence-electron chi connectivity index (χ4n) is 1.99. The van der Waals surface area contributed by atoms with Crippen LogP contribution >= 0.6 is 0 Å². The van der Waals surface area contributed by atoms with Gasteiger partial charge in [0.1, 0.15) is 18.1 Å². The second-order valence-corrected chi connectivity index (χ2v) is 4.53. The van der Waals surface area contributed by atoms with E-state index in [0.717, 1.165) is 16.4 Å². The second kappa shape index (κ2) is 6.38. The van der Waals surface area contributed by atoms with Crippen molar-refractivity contribution in [1.82, 2.24) is 10.2 Å². The predicted molar refractivity (Wildman–Crippen MR) is 72.7 cm³/mol. The lowest BCUT2D eigenvalue weighted by Crippen LogP contribution is -2.39. The van der Waals surface area contributed by atoms with Gasteiger partial charge < -0.3 is 14.8 Å². The summed E-state index contributed by atoms with van der Waals surface area (Å²) in [5.74, 6) is 1.18. The van der Waals surface area contributed by atoms with E-state index in [9.17, 15) is 9.59 Å². The summed E-state index contributed by atoms with van der Waals surface area (Å²) >= 11 is 0. The van der Waals surface area contributed by atoms with Gasteiger partial charge >= 0.3 is 0 Å². The van der Waals surface area contributed by atoms with Gasteiger partial charge in [0.2, 0.25) is 11.8 Å². The van der Waals surface area contributed by atoms with Gasteiger partial charge in [-0.2, -0.15) is 0 Å². The van der Waals surface area contributed by atoms with E-state index >= 15 is 0 Å². The van der Waals surface area contributed by atoms with Crippen LogP contribution in [-0.4, -0.2) is 50.1 Å². The molecule has 20 heavy (non-hydrogen) atoms. The number of methoxy groups -OCH3 is 1. The number of amides is 2. The highest BCUT2D eigenvalue weighted by atomic mass is 16.5. The summed E-state index contributed by atoms with van der Waals surface area (Å²) in [6.45, 7) is 0.928. The highest BCUT2D eigenvalue weighted by Gasteiger charge is 2.35. The van der Waals surface area contributed by atoms with Gasteiger partial charge in [-0.25, -0.2) is 0 Å². The molecule has 2 rings (SSSR count). The van der Waals surface area contributed by atoms with E-state index in [1.807, 2.05) is 24.3 Å². The maximum absolute atomic E-state index is 11.6. The van der Waals surface area contributed by atoms with E-state index < -0.39 is 6.04 Å². The number of carbonyl (C=O) groups excluding carboxylic acids is 2. The number of carbonyl (C=O) groups is 2. The first-order chi connectivity index (χ1) is 9.61. The summed E-state index contributed by atoms with van der Waals surface area (Å²) < 4.78 is 10.6. The van der Waals surface area contributed by atoms with Crippen molar-refractivity contribution in [3.05, 3.63) is 24.3 Å². The minimum absolute atomic E-state index is 0.149. The summed E-state index contributed by atoms with van der Waals surface area (Å²) in [6, 6.07) is 6.84. The van der Waals surface area contributed by atoms with Gasteiger partial charge in [0.15, 0.2) is 0 Å². The van der Waals surface area contributed by atoms with Gasteiger partial charge in [-0.05, 0) is 24.3 Å². The largest absolute Gasteiger partial charge is 0.497 e. The van der Waals surface area contributed by atoms with Gasteiger partial charge in [0, 0.05) is 13.6 Å². The Labute approximate surface area is 117 Å². The Kier molecular flexibility index (Phi) is 4.57. The van der Waals surface area contributed by atoms with E-state index in [-0.39, 0.29) is 18.2 Å². The molecule has 2 amide bonds. The smallest absolute Gasteiger partial charge is 0.246 e. The van der Waals surface area contributed by atoms with Crippen LogP contribution in [0.15, 0.2) is 24.3 Å². The molecular weight excluding hydrogens is 260 g/mol. The van der Waals surface area contributed by atoms with Gasteiger partial charge in [-0.3, -0.25) is 14.5 Å². The Hall–Kier alpha value is -2.08. The van der Waals surface area contributed by atoms with Gasteiger partial charge in [0.25, 0.3) is 0 Å². The summed E-state index contributed by atoms with van der Waals surface area (Å²) in [5, 5.41) is 3.02. The normalized spacial score (nSPS) is 18.5. The lowest BCUT2D eigenvalue weighted by atomic mass is 10.2. The van der Waals surface area contributed by atoms with E-state index in [4.69, 9.17) is 9.47 Å². The number of imide groups is 1. The van der Waals surface area contributed by atoms with Crippen molar-refractivity contribution in [3.8, 4) is 11.5 Å². The van der Waals surface area contributed by atoms with Crippen molar-refractivity contribution in [2.75, 3.05) is 27.3 Å². The molecule has 0 aliphatic carbocycles. The number of likely N-dealkylation sites (tertiary alicyclic amines) is 1. The molecule has 1 fully saturated rings. The molecular formula is C14H18N2O4. The lowest BCUT2D eigenvalue weighted by Gasteiger charge is -2.12. The van der Waals surface area contributed by atoms with Crippen LogP contribution in [0.3, 0.4) is 0 Å². The molecule has 1 heterocycles. The topological polar surface area (TPSA) is 67.9 Å². The third kappa shape index (κ3) is 3.27. The highest BCUT2D eigenvalue weighted by molar-refractivity contribution is 6.05. The first kappa shape index (κ1) is 14.3. The minimum Gasteiger partial charge on any atom is -0.497 e. The Balaban J connectivity index is 1.71. The van der Waals surface area contributed by atoms with Crippen LogP contribution in [0, 0.1) is 0 Å². The average Bonchev–Trinajstić information content (AvgIpc) is 2.71. The van der Waals surface area contributed by atoms with E-state index in [0.29, 0.717) is 13.2 Å². The number of hydrogen-bond acceptors (Lipinski definition) is 5. The van der Waals surface area contributed by atoms with E-state index in [1.54, 1.807) is 7.11 Å². The number of likely N-dealkylation sites (N-methyl/N-ethyl adjacent to an activating group) is 1. The first-order valence-corrected chi connectivity index (χ1v) is 6.42. The number of nitrogens with zero attached hydrogens (tertiary/aromatic N) is 1. The standard InChI is InChI=1S/C14H18N2O4/c1-16-13(17)9-12(14(16)18)15-7-8-20-11-5-3-10(19-2)4-6-11/h3-6,12,15H,7-9H2,1-2H3. The Morgan fingerprint density at radius 2 is 1.90 bits per heavy atom. The lowest BCUT2D eigenvalue weighted by molar-refractivity contribution is -0.137. The number of benzene rings is 1. The zero-order valence-corrected chi connectivity index (χ0v) is 11.6. The zero-order valence-electron chi connectivity index (χ0n) is 11.6. The van der Waals surface area contributed by atoms with E-state index in [1.165, 1.54) is 7.05 Å². The van der Waals surface area contributed by atoms with Crippen LogP contribution in [0.4, 0.5) is 0 Å².